The first-order chi connectivity index (χ1) is 5.68. The molecule has 1 aromatic rings. The van der Waals surface area contributed by atoms with Gasteiger partial charge in [0.2, 0.25) is 0 Å². The fourth-order valence-corrected chi connectivity index (χ4v) is 1.28. The molecule has 1 aromatic heterocycles. The highest BCUT2D eigenvalue weighted by atomic mass is 16.4. The molecular formula is C7H9N3O2. The highest BCUT2D eigenvalue weighted by Gasteiger charge is 2.46. The maximum Gasteiger partial charge on any atom is 0.307 e. The Labute approximate surface area is 68.8 Å². The Kier molecular flexibility index (Phi) is 1.39. The number of aryl methyl sites for hydroxylation is 1. The van der Waals surface area contributed by atoms with Gasteiger partial charge in [0.25, 0.3) is 0 Å². The number of hydrogen-bond acceptors (Lipinski definition) is 3. The van der Waals surface area contributed by atoms with Gasteiger partial charge in [-0.2, -0.15) is 5.10 Å². The summed E-state index contributed by atoms with van der Waals surface area (Å²) in [6.07, 6.45) is 0.673. The highest BCUT2D eigenvalue weighted by Crippen LogP contribution is 2.45. The van der Waals surface area contributed by atoms with Gasteiger partial charge in [-0.15, -0.1) is 0 Å². The fraction of sp³-hybridized carbons (Fsp3) is 0.571. The number of aromatic nitrogens is 3. The standard InChI is InChI=1S/C7H9N3O2/c1-3-8-6(10-9-3)4-2-5(4)7(11)12/h4-5H,2H2,1H3,(H,11,12)(H,8,9,10). The summed E-state index contributed by atoms with van der Waals surface area (Å²) in [4.78, 5) is 14.6. The first kappa shape index (κ1) is 7.27. The van der Waals surface area contributed by atoms with Gasteiger partial charge in [0, 0.05) is 5.92 Å². The van der Waals surface area contributed by atoms with Gasteiger partial charge in [0.1, 0.15) is 5.82 Å². The van der Waals surface area contributed by atoms with Crippen molar-refractivity contribution in [2.24, 2.45) is 5.92 Å². The summed E-state index contributed by atoms with van der Waals surface area (Å²) in [5.74, 6) is 0.399. The molecule has 2 N–H and O–H groups in total. The van der Waals surface area contributed by atoms with Crippen molar-refractivity contribution in [3.8, 4) is 0 Å². The molecule has 1 aliphatic carbocycles. The minimum absolute atomic E-state index is 0.0347. The van der Waals surface area contributed by atoms with E-state index < -0.39 is 5.97 Å². The topological polar surface area (TPSA) is 78.9 Å². The van der Waals surface area contributed by atoms with Crippen LogP contribution in [0.15, 0.2) is 0 Å². The lowest BCUT2D eigenvalue weighted by Gasteiger charge is -1.86. The maximum absolute atomic E-state index is 10.5. The lowest BCUT2D eigenvalue weighted by molar-refractivity contribution is -0.138. The zero-order valence-electron chi connectivity index (χ0n) is 6.61. The molecule has 12 heavy (non-hydrogen) atoms. The van der Waals surface area contributed by atoms with Crippen LogP contribution in [0.5, 0.6) is 0 Å². The van der Waals surface area contributed by atoms with Crippen LogP contribution in [0, 0.1) is 12.8 Å². The van der Waals surface area contributed by atoms with Gasteiger partial charge in [0.05, 0.1) is 5.92 Å². The number of carboxylic acids is 1. The van der Waals surface area contributed by atoms with Crippen molar-refractivity contribution < 1.29 is 9.90 Å². The Hall–Kier alpha value is -1.39. The van der Waals surface area contributed by atoms with Crippen LogP contribution in [-0.2, 0) is 4.79 Å². The molecule has 0 aromatic carbocycles. The number of nitrogens with one attached hydrogen (secondary N) is 1. The van der Waals surface area contributed by atoms with Crippen molar-refractivity contribution in [3.05, 3.63) is 11.6 Å². The number of rotatable bonds is 2. The molecular weight excluding hydrogens is 158 g/mol. The quantitative estimate of drug-likeness (QED) is 0.664. The van der Waals surface area contributed by atoms with E-state index in [4.69, 9.17) is 5.11 Å². The van der Waals surface area contributed by atoms with E-state index in [2.05, 4.69) is 15.2 Å². The van der Waals surface area contributed by atoms with E-state index in [-0.39, 0.29) is 11.8 Å². The molecule has 5 nitrogen and oxygen atoms in total. The average Bonchev–Trinajstić information content (AvgIpc) is 2.70. The van der Waals surface area contributed by atoms with Gasteiger partial charge < -0.3 is 5.11 Å². The third kappa shape index (κ3) is 1.07. The Morgan fingerprint density at radius 3 is 2.92 bits per heavy atom. The summed E-state index contributed by atoms with van der Waals surface area (Å²) in [6, 6.07) is 0. The number of aliphatic carboxylic acids is 1. The first-order valence-electron chi connectivity index (χ1n) is 3.80. The minimum Gasteiger partial charge on any atom is -0.481 e. The molecule has 1 heterocycles. The molecule has 2 unspecified atom stereocenters. The fourth-order valence-electron chi connectivity index (χ4n) is 1.28. The number of nitrogens with zero attached hydrogens (tertiary/aromatic N) is 2. The second kappa shape index (κ2) is 2.30. The van der Waals surface area contributed by atoms with E-state index in [1.807, 2.05) is 0 Å². The molecule has 1 aliphatic rings. The van der Waals surface area contributed by atoms with Crippen molar-refractivity contribution >= 4 is 5.97 Å². The molecule has 5 heteroatoms. The van der Waals surface area contributed by atoms with E-state index in [0.29, 0.717) is 12.2 Å². The average molecular weight is 167 g/mol. The number of aromatic amines is 1. The molecule has 0 saturated heterocycles. The van der Waals surface area contributed by atoms with E-state index in [9.17, 15) is 4.79 Å². The second-order valence-corrected chi connectivity index (χ2v) is 3.07. The number of carboxylic acid groups (broad SMARTS) is 1. The summed E-state index contributed by atoms with van der Waals surface area (Å²) < 4.78 is 0. The SMILES string of the molecule is Cc1nc(C2CC2C(=O)O)n[nH]1. The molecule has 64 valence electrons. The van der Waals surface area contributed by atoms with Crippen LogP contribution in [-0.4, -0.2) is 26.3 Å². The summed E-state index contributed by atoms with van der Waals surface area (Å²) in [5, 5.41) is 15.2. The van der Waals surface area contributed by atoms with E-state index in [1.54, 1.807) is 6.92 Å². The molecule has 0 radical (unpaired) electrons. The third-order valence-corrected chi connectivity index (χ3v) is 2.05. The number of hydrogen-bond donors (Lipinski definition) is 2. The first-order valence-corrected chi connectivity index (χ1v) is 3.80. The highest BCUT2D eigenvalue weighted by molar-refractivity contribution is 5.74. The van der Waals surface area contributed by atoms with Crippen molar-refractivity contribution in [2.45, 2.75) is 19.3 Å². The Morgan fingerprint density at radius 1 is 1.75 bits per heavy atom. The van der Waals surface area contributed by atoms with Crippen LogP contribution in [0.25, 0.3) is 0 Å². The summed E-state index contributed by atoms with van der Waals surface area (Å²) in [6.45, 7) is 1.80. The maximum atomic E-state index is 10.5. The molecule has 2 rings (SSSR count). The molecule has 0 amide bonds. The summed E-state index contributed by atoms with van der Waals surface area (Å²) >= 11 is 0. The van der Waals surface area contributed by atoms with Crippen LogP contribution in [0.3, 0.4) is 0 Å². The third-order valence-electron chi connectivity index (χ3n) is 2.05. The Bertz CT molecular complexity index is 320. The van der Waals surface area contributed by atoms with Crippen LogP contribution in [0.2, 0.25) is 0 Å². The van der Waals surface area contributed by atoms with Crippen LogP contribution < -0.4 is 0 Å². The summed E-state index contributed by atoms with van der Waals surface area (Å²) in [7, 11) is 0. The molecule has 0 aliphatic heterocycles. The van der Waals surface area contributed by atoms with Gasteiger partial charge >= 0.3 is 5.97 Å². The van der Waals surface area contributed by atoms with Crippen LogP contribution in [0.4, 0.5) is 0 Å². The number of H-pyrrole nitrogens is 1. The predicted octanol–water partition coefficient (Wildman–Crippen LogP) is 0.301. The second-order valence-electron chi connectivity index (χ2n) is 3.07. The van der Waals surface area contributed by atoms with E-state index in [1.165, 1.54) is 0 Å². The van der Waals surface area contributed by atoms with Crippen molar-refractivity contribution in [3.63, 3.8) is 0 Å². The smallest absolute Gasteiger partial charge is 0.307 e. The Balaban J connectivity index is 2.10. The van der Waals surface area contributed by atoms with E-state index >= 15 is 0 Å². The lowest BCUT2D eigenvalue weighted by atomic mass is 10.3. The summed E-state index contributed by atoms with van der Waals surface area (Å²) in [5.41, 5.74) is 0. The van der Waals surface area contributed by atoms with Gasteiger partial charge in [-0.1, -0.05) is 0 Å². The van der Waals surface area contributed by atoms with Gasteiger partial charge in [-0.25, -0.2) is 4.98 Å². The molecule has 0 spiro atoms. The minimum atomic E-state index is -0.748. The van der Waals surface area contributed by atoms with Gasteiger partial charge in [-0.3, -0.25) is 9.89 Å². The molecule has 0 bridgehead atoms. The number of carbonyl (C=O) groups is 1. The molecule has 2 atom stereocenters. The zero-order chi connectivity index (χ0) is 8.72. The normalized spacial score (nSPS) is 27.1. The van der Waals surface area contributed by atoms with Crippen LogP contribution in [0.1, 0.15) is 24.0 Å². The van der Waals surface area contributed by atoms with E-state index in [0.717, 1.165) is 5.82 Å². The molecule has 1 fully saturated rings. The van der Waals surface area contributed by atoms with Gasteiger partial charge in [0.15, 0.2) is 5.82 Å². The van der Waals surface area contributed by atoms with Crippen molar-refractivity contribution in [2.75, 3.05) is 0 Å². The largest absolute Gasteiger partial charge is 0.481 e. The zero-order valence-corrected chi connectivity index (χ0v) is 6.61. The molecule has 1 saturated carbocycles. The van der Waals surface area contributed by atoms with Crippen molar-refractivity contribution in [1.29, 1.82) is 0 Å². The predicted molar refractivity (Wildman–Crippen MR) is 39.6 cm³/mol. The Morgan fingerprint density at radius 2 is 2.50 bits per heavy atom. The lowest BCUT2D eigenvalue weighted by Crippen LogP contribution is -1.99. The van der Waals surface area contributed by atoms with Crippen molar-refractivity contribution in [1.82, 2.24) is 15.2 Å². The monoisotopic (exact) mass is 167 g/mol. The van der Waals surface area contributed by atoms with Crippen LogP contribution >= 0.6 is 0 Å². The van der Waals surface area contributed by atoms with Gasteiger partial charge in [-0.05, 0) is 13.3 Å².